The highest BCUT2D eigenvalue weighted by atomic mass is 35.5. The van der Waals surface area contributed by atoms with E-state index in [1.54, 1.807) is 0 Å². The number of halogens is 2. The molecular weight excluding hydrogens is 385 g/mol. The van der Waals surface area contributed by atoms with E-state index in [-0.39, 0.29) is 12.4 Å². The molecule has 0 aromatic carbocycles. The van der Waals surface area contributed by atoms with Gasteiger partial charge in [-0.25, -0.2) is 0 Å². The third-order valence-electron chi connectivity index (χ3n) is 2.74. The van der Waals surface area contributed by atoms with Crippen molar-refractivity contribution in [2.45, 2.75) is 41.5 Å². The number of nitrogens with one attached hydrogen (secondary N) is 1. The SMILES string of the molecule is CCCl.CCN(CC)CC.CCNCCN.CC[NH2+]CCN.NCCN.[Cl-]. The number of rotatable bonds is 10. The van der Waals surface area contributed by atoms with Crippen molar-refractivity contribution in [2.24, 2.45) is 22.9 Å². The van der Waals surface area contributed by atoms with E-state index in [1.807, 2.05) is 6.92 Å². The first-order valence-corrected chi connectivity index (χ1v) is 10.6. The number of likely N-dealkylation sites (N-methyl/N-ethyl adjacent to an activating group) is 2. The molecule has 0 saturated carbocycles. The molecule has 0 saturated heterocycles. The van der Waals surface area contributed by atoms with E-state index in [1.165, 1.54) is 19.6 Å². The fraction of sp³-hybridized carbons (Fsp3) is 1.00. The van der Waals surface area contributed by atoms with Gasteiger partial charge >= 0.3 is 0 Å². The van der Waals surface area contributed by atoms with E-state index in [9.17, 15) is 0 Å². The van der Waals surface area contributed by atoms with Crippen LogP contribution in [0.15, 0.2) is 0 Å². The summed E-state index contributed by atoms with van der Waals surface area (Å²) in [4.78, 5) is 2.38. The van der Waals surface area contributed by atoms with Gasteiger partial charge in [-0.05, 0) is 33.1 Å². The van der Waals surface area contributed by atoms with Gasteiger partial charge in [0.2, 0.25) is 0 Å². The average molecular weight is 439 g/mol. The molecule has 0 aliphatic rings. The van der Waals surface area contributed by atoms with Crippen LogP contribution >= 0.6 is 11.6 Å². The van der Waals surface area contributed by atoms with E-state index >= 15 is 0 Å². The second-order valence-electron chi connectivity index (χ2n) is 4.88. The summed E-state index contributed by atoms with van der Waals surface area (Å²) in [5.74, 6) is 0.722. The normalized spacial score (nSPS) is 8.44. The zero-order valence-corrected chi connectivity index (χ0v) is 20.6. The van der Waals surface area contributed by atoms with Gasteiger partial charge in [0.15, 0.2) is 0 Å². The summed E-state index contributed by atoms with van der Waals surface area (Å²) in [6.45, 7) is 23.1. The van der Waals surface area contributed by atoms with E-state index in [4.69, 9.17) is 34.5 Å². The molecule has 7 nitrogen and oxygen atoms in total. The molecule has 0 bridgehead atoms. The predicted molar refractivity (Wildman–Crippen MR) is 122 cm³/mol. The van der Waals surface area contributed by atoms with Gasteiger partial charge in [-0.15, -0.1) is 11.6 Å². The van der Waals surface area contributed by atoms with E-state index in [2.05, 4.69) is 50.2 Å². The van der Waals surface area contributed by atoms with Crippen LogP contribution in [0, 0.1) is 0 Å². The Labute approximate surface area is 182 Å². The van der Waals surface area contributed by atoms with Gasteiger partial charge in [-0.2, -0.15) is 0 Å². The van der Waals surface area contributed by atoms with Crippen molar-refractivity contribution >= 4 is 11.6 Å². The van der Waals surface area contributed by atoms with E-state index in [0.29, 0.717) is 13.1 Å². The van der Waals surface area contributed by atoms with Crippen LogP contribution in [0.3, 0.4) is 0 Å². The smallest absolute Gasteiger partial charge is 0.0879 e. The first-order chi connectivity index (χ1) is 12.5. The summed E-state index contributed by atoms with van der Waals surface area (Å²) in [6, 6.07) is 0. The number of hydrogen-bond acceptors (Lipinski definition) is 6. The van der Waals surface area contributed by atoms with Crippen molar-refractivity contribution in [3.63, 3.8) is 0 Å². The molecule has 0 aliphatic heterocycles. The number of hydrogen-bond donors (Lipinski definition) is 6. The highest BCUT2D eigenvalue weighted by Gasteiger charge is 1.89. The van der Waals surface area contributed by atoms with Crippen LogP contribution in [-0.2, 0) is 0 Å². The van der Waals surface area contributed by atoms with Gasteiger partial charge in [0.25, 0.3) is 0 Å². The molecule has 0 spiro atoms. The first kappa shape index (κ1) is 41.6. The maximum Gasteiger partial charge on any atom is 0.0879 e. The second-order valence-corrected chi connectivity index (χ2v) is 5.42. The van der Waals surface area contributed by atoms with Crippen molar-refractivity contribution in [1.82, 2.24) is 10.2 Å². The molecule has 0 atom stereocenters. The van der Waals surface area contributed by atoms with Crippen molar-refractivity contribution in [3.8, 4) is 0 Å². The topological polar surface area (TPSA) is 136 Å². The van der Waals surface area contributed by atoms with Gasteiger partial charge in [0.05, 0.1) is 13.1 Å². The molecule has 0 aromatic heterocycles. The number of nitrogens with zero attached hydrogens (tertiary/aromatic N) is 1. The Kier molecular flexibility index (Phi) is 86.7. The Morgan fingerprint density at radius 1 is 0.778 bits per heavy atom. The van der Waals surface area contributed by atoms with Crippen molar-refractivity contribution < 1.29 is 17.7 Å². The maximum atomic E-state index is 5.18. The van der Waals surface area contributed by atoms with Gasteiger partial charge in [0.1, 0.15) is 0 Å². The minimum atomic E-state index is 0. The lowest BCUT2D eigenvalue weighted by Crippen LogP contribution is -3.00. The van der Waals surface area contributed by atoms with Gasteiger partial charge in [-0.1, -0.05) is 34.6 Å². The van der Waals surface area contributed by atoms with E-state index < -0.39 is 0 Å². The lowest BCUT2D eigenvalue weighted by Gasteiger charge is -2.13. The average Bonchev–Trinajstić information content (AvgIpc) is 2.68. The fourth-order valence-electron chi connectivity index (χ4n) is 1.27. The highest BCUT2D eigenvalue weighted by molar-refractivity contribution is 6.17. The molecule has 0 unspecified atom stereocenters. The van der Waals surface area contributed by atoms with Crippen LogP contribution in [-0.4, -0.2) is 82.8 Å². The summed E-state index contributed by atoms with van der Waals surface area (Å²) >= 11 is 5.00. The van der Waals surface area contributed by atoms with Gasteiger partial charge in [-0.3, -0.25) is 0 Å². The molecule has 0 fully saturated rings. The molecule has 27 heavy (non-hydrogen) atoms. The van der Waals surface area contributed by atoms with Crippen LogP contribution in [0.4, 0.5) is 0 Å². The third kappa shape index (κ3) is 87.8. The summed E-state index contributed by atoms with van der Waals surface area (Å²) in [7, 11) is 0. The van der Waals surface area contributed by atoms with Crippen LogP contribution in [0.1, 0.15) is 41.5 Å². The monoisotopic (exact) mass is 437 g/mol. The summed E-state index contributed by atoms with van der Waals surface area (Å²) < 4.78 is 0. The molecule has 174 valence electrons. The lowest BCUT2D eigenvalue weighted by atomic mass is 10.5. The molecule has 0 radical (unpaired) electrons. The summed E-state index contributed by atoms with van der Waals surface area (Å²) in [5, 5.41) is 5.25. The summed E-state index contributed by atoms with van der Waals surface area (Å²) in [5.41, 5.74) is 20.1. The van der Waals surface area contributed by atoms with E-state index in [0.717, 1.165) is 45.1 Å². The standard InChI is InChI=1S/C6H15N.2C4H12N2.C2H5Cl.C2H8N2.ClH/c1-4-7(5-2)6-3;2*1-2-6-4-3-5;1-2-3;3-1-2-4;/h4-6H2,1-3H3;2*6H,2-5H2,1H3;2H2,1H3;1-4H2;1H. The Bertz CT molecular complexity index is 143. The fourth-order valence-corrected chi connectivity index (χ4v) is 1.27. The zero-order chi connectivity index (χ0) is 21.5. The van der Waals surface area contributed by atoms with Crippen LogP contribution < -0.4 is 46.0 Å². The van der Waals surface area contributed by atoms with Gasteiger partial charge in [0, 0.05) is 38.6 Å². The predicted octanol–water partition coefficient (Wildman–Crippen LogP) is -3.42. The van der Waals surface area contributed by atoms with Crippen LogP contribution in [0.25, 0.3) is 0 Å². The third-order valence-corrected chi connectivity index (χ3v) is 2.74. The van der Waals surface area contributed by atoms with Crippen molar-refractivity contribution in [3.05, 3.63) is 0 Å². The number of alkyl halides is 1. The lowest BCUT2D eigenvalue weighted by molar-refractivity contribution is -0.649. The van der Waals surface area contributed by atoms with Crippen molar-refractivity contribution in [1.29, 1.82) is 0 Å². The number of quaternary nitrogens is 1. The Morgan fingerprint density at radius 3 is 1.26 bits per heavy atom. The quantitative estimate of drug-likeness (QED) is 0.155. The molecule has 0 amide bonds. The molecule has 0 aromatic rings. The van der Waals surface area contributed by atoms with Gasteiger partial charge < -0.3 is 50.9 Å². The number of nitrogens with two attached hydrogens (primary N) is 5. The minimum absolute atomic E-state index is 0. The second kappa shape index (κ2) is 56.2. The highest BCUT2D eigenvalue weighted by Crippen LogP contribution is 1.81. The zero-order valence-electron chi connectivity index (χ0n) is 19.1. The molecule has 9 heteroatoms. The molecular formula is C18H53Cl2N7. The van der Waals surface area contributed by atoms with Crippen LogP contribution in [0.5, 0.6) is 0 Å². The Morgan fingerprint density at radius 2 is 1.19 bits per heavy atom. The maximum absolute atomic E-state index is 5.18. The largest absolute Gasteiger partial charge is 1.00 e. The van der Waals surface area contributed by atoms with Crippen LogP contribution in [0.2, 0.25) is 0 Å². The van der Waals surface area contributed by atoms with Crippen molar-refractivity contribution in [2.75, 3.05) is 77.9 Å². The molecule has 0 aliphatic carbocycles. The summed E-state index contributed by atoms with van der Waals surface area (Å²) in [6.07, 6.45) is 0. The minimum Gasteiger partial charge on any atom is -1.00 e. The Hall–Kier alpha value is 0.300. The Balaban J connectivity index is -0.0000000520. The first-order valence-electron chi connectivity index (χ1n) is 10.1. The molecule has 11 N–H and O–H groups in total. The molecule has 0 heterocycles. The molecule has 0 rings (SSSR count).